The van der Waals surface area contributed by atoms with E-state index in [0.29, 0.717) is 0 Å². The molecule has 1 aliphatic rings. The van der Waals surface area contributed by atoms with Crippen molar-refractivity contribution >= 4 is 0 Å². The van der Waals surface area contributed by atoms with Gasteiger partial charge in [-0.15, -0.1) is 0 Å². The molecule has 0 aliphatic heterocycles. The summed E-state index contributed by atoms with van der Waals surface area (Å²) in [7, 11) is 0. The van der Waals surface area contributed by atoms with Crippen LogP contribution in [0.2, 0.25) is 0 Å². The van der Waals surface area contributed by atoms with Crippen LogP contribution >= 0.6 is 0 Å². The summed E-state index contributed by atoms with van der Waals surface area (Å²) in [6.07, 6.45) is 5.15. The average molecular weight is 292 g/mol. The molecular formula is C18H29FN2. The standard InChI is InChI=1S/C18H29FN2/c1-3-20-18(16-10-5-6-11-17(16)19)12-13-21(4-2)14-15-8-7-9-15/h5-6,10-11,15,18,20H,3-4,7-9,12-14H2,1-2H3. The summed E-state index contributed by atoms with van der Waals surface area (Å²) in [5.74, 6) is 0.807. The molecule has 0 aromatic heterocycles. The number of nitrogens with zero attached hydrogens (tertiary/aromatic N) is 1. The summed E-state index contributed by atoms with van der Waals surface area (Å²) in [4.78, 5) is 2.52. The van der Waals surface area contributed by atoms with E-state index in [9.17, 15) is 4.39 Å². The highest BCUT2D eigenvalue weighted by molar-refractivity contribution is 5.21. The summed E-state index contributed by atoms with van der Waals surface area (Å²) < 4.78 is 14.0. The number of hydrogen-bond donors (Lipinski definition) is 1. The first-order chi connectivity index (χ1) is 10.2. The number of benzene rings is 1. The molecule has 118 valence electrons. The SMILES string of the molecule is CCNC(CCN(CC)CC1CCC1)c1ccccc1F. The lowest BCUT2D eigenvalue weighted by atomic mass is 9.85. The molecule has 1 atom stereocenters. The Morgan fingerprint density at radius 3 is 2.62 bits per heavy atom. The van der Waals surface area contributed by atoms with E-state index < -0.39 is 0 Å². The fourth-order valence-electron chi connectivity index (χ4n) is 3.10. The summed E-state index contributed by atoms with van der Waals surface area (Å²) in [6, 6.07) is 7.27. The van der Waals surface area contributed by atoms with Gasteiger partial charge in [0.15, 0.2) is 0 Å². The van der Waals surface area contributed by atoms with E-state index in [-0.39, 0.29) is 11.9 Å². The molecule has 0 spiro atoms. The number of halogens is 1. The van der Waals surface area contributed by atoms with Gasteiger partial charge in [0.05, 0.1) is 0 Å². The van der Waals surface area contributed by atoms with Gasteiger partial charge in [0.2, 0.25) is 0 Å². The topological polar surface area (TPSA) is 15.3 Å². The Morgan fingerprint density at radius 2 is 2.05 bits per heavy atom. The van der Waals surface area contributed by atoms with E-state index in [0.717, 1.165) is 37.5 Å². The monoisotopic (exact) mass is 292 g/mol. The minimum absolute atomic E-state index is 0.0921. The van der Waals surface area contributed by atoms with Gasteiger partial charge in [-0.05, 0) is 50.9 Å². The lowest BCUT2D eigenvalue weighted by molar-refractivity contribution is 0.177. The third-order valence-electron chi connectivity index (χ3n) is 4.65. The minimum atomic E-state index is -0.0921. The van der Waals surface area contributed by atoms with Crippen LogP contribution in [0.15, 0.2) is 24.3 Å². The summed E-state index contributed by atoms with van der Waals surface area (Å²) in [6.45, 7) is 8.52. The van der Waals surface area contributed by atoms with Crippen LogP contribution in [0.5, 0.6) is 0 Å². The van der Waals surface area contributed by atoms with Crippen molar-refractivity contribution in [1.82, 2.24) is 10.2 Å². The second-order valence-corrected chi connectivity index (χ2v) is 6.11. The molecule has 1 aromatic carbocycles. The average Bonchev–Trinajstić information content (AvgIpc) is 2.45. The zero-order chi connectivity index (χ0) is 15.1. The fourth-order valence-corrected chi connectivity index (χ4v) is 3.10. The van der Waals surface area contributed by atoms with Gasteiger partial charge in [0.1, 0.15) is 5.82 Å². The van der Waals surface area contributed by atoms with E-state index in [1.54, 1.807) is 12.1 Å². The van der Waals surface area contributed by atoms with E-state index in [1.165, 1.54) is 25.8 Å². The van der Waals surface area contributed by atoms with Crippen molar-refractivity contribution in [2.24, 2.45) is 5.92 Å². The van der Waals surface area contributed by atoms with Crippen LogP contribution in [0.1, 0.15) is 51.1 Å². The van der Waals surface area contributed by atoms with Gasteiger partial charge in [0.25, 0.3) is 0 Å². The minimum Gasteiger partial charge on any atom is -0.310 e. The van der Waals surface area contributed by atoms with Crippen LogP contribution in [-0.4, -0.2) is 31.1 Å². The largest absolute Gasteiger partial charge is 0.310 e. The molecule has 1 aromatic rings. The molecule has 2 nitrogen and oxygen atoms in total. The zero-order valence-electron chi connectivity index (χ0n) is 13.4. The van der Waals surface area contributed by atoms with E-state index in [4.69, 9.17) is 0 Å². The van der Waals surface area contributed by atoms with E-state index in [1.807, 2.05) is 12.1 Å². The van der Waals surface area contributed by atoms with Crippen molar-refractivity contribution in [3.63, 3.8) is 0 Å². The van der Waals surface area contributed by atoms with Crippen LogP contribution in [-0.2, 0) is 0 Å². The Labute approximate surface area is 128 Å². The molecular weight excluding hydrogens is 263 g/mol. The second kappa shape index (κ2) is 8.50. The van der Waals surface area contributed by atoms with Crippen LogP contribution in [0, 0.1) is 11.7 Å². The molecule has 1 unspecified atom stereocenters. The zero-order valence-corrected chi connectivity index (χ0v) is 13.4. The van der Waals surface area contributed by atoms with Crippen molar-refractivity contribution in [1.29, 1.82) is 0 Å². The Morgan fingerprint density at radius 1 is 1.29 bits per heavy atom. The van der Waals surface area contributed by atoms with Gasteiger partial charge in [-0.1, -0.05) is 38.5 Å². The number of nitrogens with one attached hydrogen (secondary N) is 1. The third kappa shape index (κ3) is 4.79. The predicted molar refractivity (Wildman–Crippen MR) is 86.9 cm³/mol. The molecule has 2 rings (SSSR count). The molecule has 3 heteroatoms. The van der Waals surface area contributed by atoms with Crippen LogP contribution in [0.25, 0.3) is 0 Å². The van der Waals surface area contributed by atoms with Crippen LogP contribution < -0.4 is 5.32 Å². The lowest BCUT2D eigenvalue weighted by Crippen LogP contribution is -2.35. The van der Waals surface area contributed by atoms with Gasteiger partial charge in [-0.2, -0.15) is 0 Å². The first-order valence-corrected chi connectivity index (χ1v) is 8.44. The Hall–Kier alpha value is -0.930. The summed E-state index contributed by atoms with van der Waals surface area (Å²) >= 11 is 0. The highest BCUT2D eigenvalue weighted by Crippen LogP contribution is 2.27. The van der Waals surface area contributed by atoms with Gasteiger partial charge in [-0.3, -0.25) is 0 Å². The third-order valence-corrected chi connectivity index (χ3v) is 4.65. The summed E-state index contributed by atoms with van der Waals surface area (Å²) in [5, 5.41) is 3.43. The Bertz CT molecular complexity index is 417. The number of hydrogen-bond acceptors (Lipinski definition) is 2. The van der Waals surface area contributed by atoms with Crippen molar-refractivity contribution in [3.8, 4) is 0 Å². The first-order valence-electron chi connectivity index (χ1n) is 8.44. The van der Waals surface area contributed by atoms with Gasteiger partial charge in [-0.25, -0.2) is 4.39 Å². The molecule has 1 fully saturated rings. The maximum Gasteiger partial charge on any atom is 0.127 e. The quantitative estimate of drug-likeness (QED) is 0.740. The van der Waals surface area contributed by atoms with Crippen LogP contribution in [0.4, 0.5) is 4.39 Å². The van der Waals surface area contributed by atoms with E-state index >= 15 is 0 Å². The molecule has 1 aliphatic carbocycles. The van der Waals surface area contributed by atoms with E-state index in [2.05, 4.69) is 24.1 Å². The molecule has 0 radical (unpaired) electrons. The van der Waals surface area contributed by atoms with Gasteiger partial charge >= 0.3 is 0 Å². The second-order valence-electron chi connectivity index (χ2n) is 6.11. The molecule has 0 heterocycles. The highest BCUT2D eigenvalue weighted by atomic mass is 19.1. The highest BCUT2D eigenvalue weighted by Gasteiger charge is 2.21. The molecule has 0 bridgehead atoms. The number of rotatable bonds is 9. The Kier molecular flexibility index (Phi) is 6.65. The van der Waals surface area contributed by atoms with Gasteiger partial charge < -0.3 is 10.2 Å². The molecule has 21 heavy (non-hydrogen) atoms. The smallest absolute Gasteiger partial charge is 0.127 e. The maximum absolute atomic E-state index is 14.0. The molecule has 1 N–H and O–H groups in total. The molecule has 1 saturated carbocycles. The lowest BCUT2D eigenvalue weighted by Gasteiger charge is -2.32. The van der Waals surface area contributed by atoms with Crippen molar-refractivity contribution < 1.29 is 4.39 Å². The van der Waals surface area contributed by atoms with Crippen molar-refractivity contribution in [2.45, 2.75) is 45.6 Å². The first kappa shape index (κ1) is 16.4. The van der Waals surface area contributed by atoms with Gasteiger partial charge in [0, 0.05) is 18.2 Å². The predicted octanol–water partition coefficient (Wildman–Crippen LogP) is 3.99. The normalized spacial score (nSPS) is 17.0. The fraction of sp³-hybridized carbons (Fsp3) is 0.667. The van der Waals surface area contributed by atoms with Crippen molar-refractivity contribution in [3.05, 3.63) is 35.6 Å². The summed E-state index contributed by atoms with van der Waals surface area (Å²) in [5.41, 5.74) is 0.805. The molecule has 0 saturated heterocycles. The van der Waals surface area contributed by atoms with Crippen molar-refractivity contribution in [2.75, 3.05) is 26.2 Å². The maximum atomic E-state index is 14.0. The van der Waals surface area contributed by atoms with Crippen LogP contribution in [0.3, 0.4) is 0 Å². The molecule has 0 amide bonds. The Balaban J connectivity index is 1.90.